The Labute approximate surface area is 555 Å². The molecule has 1 rings (SSSR count). The molecule has 12 atom stereocenters. The molecule has 93 heavy (non-hydrogen) atoms. The fourth-order valence-electron chi connectivity index (χ4n) is 11.2. The summed E-state index contributed by atoms with van der Waals surface area (Å²) in [4.78, 5) is 184. The molecule has 1 aliphatic heterocycles. The minimum atomic E-state index is -1.65. The van der Waals surface area contributed by atoms with Gasteiger partial charge in [0, 0.05) is 49.3 Å². The summed E-state index contributed by atoms with van der Waals surface area (Å²) in [6.45, 7) is 31.8. The zero-order valence-corrected chi connectivity index (χ0v) is 61.1. The fourth-order valence-corrected chi connectivity index (χ4v) is 11.2. The van der Waals surface area contributed by atoms with E-state index in [1.54, 1.807) is 81.4 Å². The second-order valence-corrected chi connectivity index (χ2v) is 28.8. The molecule has 0 saturated carbocycles. The summed E-state index contributed by atoms with van der Waals surface area (Å²) in [6.07, 6.45) is 1.75. The van der Waals surface area contributed by atoms with Crippen molar-refractivity contribution in [3.63, 3.8) is 0 Å². The second kappa shape index (κ2) is 37.9. The Morgan fingerprint density at radius 1 is 0.538 bits per heavy atom. The number of alkyl carbamates (subject to hydrolysis) is 1. The maximum Gasteiger partial charge on any atom is 0.407 e. The first-order chi connectivity index (χ1) is 42.8. The van der Waals surface area contributed by atoms with Gasteiger partial charge >= 0.3 is 6.09 Å². The van der Waals surface area contributed by atoms with Gasteiger partial charge in [0.15, 0.2) is 0 Å². The third-order valence-corrected chi connectivity index (χ3v) is 16.8. The Morgan fingerprint density at radius 3 is 1.42 bits per heavy atom. The van der Waals surface area contributed by atoms with E-state index in [4.69, 9.17) is 4.74 Å². The molecule has 12 amide bonds. The number of allylic oxidation sites excluding steroid dienone is 2. The van der Waals surface area contributed by atoms with Crippen LogP contribution in [0.4, 0.5) is 4.79 Å². The molecule has 1 saturated heterocycles. The van der Waals surface area contributed by atoms with Gasteiger partial charge in [-0.05, 0) is 115 Å². The lowest BCUT2D eigenvalue weighted by Gasteiger charge is -2.41. The van der Waals surface area contributed by atoms with E-state index in [0.29, 0.717) is 0 Å². The molecular weight excluding hydrogens is 1200 g/mol. The maximum absolute atomic E-state index is 15.3. The normalized spacial score (nSPS) is 25.7. The monoisotopic (exact) mass is 1320 g/mol. The average Bonchev–Trinajstić information content (AvgIpc) is 0.815. The van der Waals surface area contributed by atoms with Gasteiger partial charge in [-0.2, -0.15) is 0 Å². The van der Waals surface area contributed by atoms with Crippen molar-refractivity contribution in [3.8, 4) is 0 Å². The summed E-state index contributed by atoms with van der Waals surface area (Å²) < 4.78 is 5.47. The first-order valence-electron chi connectivity index (χ1n) is 33.1. The van der Waals surface area contributed by atoms with E-state index in [9.17, 15) is 43.5 Å². The minimum Gasteiger partial charge on any atom is -0.444 e. The van der Waals surface area contributed by atoms with E-state index < -0.39 is 174 Å². The van der Waals surface area contributed by atoms with Gasteiger partial charge < -0.3 is 70.7 Å². The Balaban J connectivity index is 4.51. The number of aliphatic hydroxyl groups excluding tert-OH is 1. The summed E-state index contributed by atoms with van der Waals surface area (Å²) in [7, 11) is 9.69. The van der Waals surface area contributed by atoms with E-state index >= 15 is 19.2 Å². The van der Waals surface area contributed by atoms with Crippen LogP contribution >= 0.6 is 0 Å². The summed E-state index contributed by atoms with van der Waals surface area (Å²) in [5.74, 6) is -10.8. The summed E-state index contributed by atoms with van der Waals surface area (Å²) in [5, 5.41) is 25.6. The Morgan fingerprint density at radius 2 is 0.968 bits per heavy atom. The van der Waals surface area contributed by atoms with Crippen molar-refractivity contribution in [2.45, 2.75) is 242 Å². The molecule has 1 fully saturated rings. The molecule has 0 unspecified atom stereocenters. The quantitative estimate of drug-likeness (QED) is 0.113. The molecule has 0 aromatic carbocycles. The zero-order valence-electron chi connectivity index (χ0n) is 61.1. The van der Waals surface area contributed by atoms with Crippen molar-refractivity contribution >= 4 is 71.1 Å². The van der Waals surface area contributed by atoms with E-state index in [-0.39, 0.29) is 62.2 Å². The molecule has 0 radical (unpaired) electrons. The molecule has 0 aliphatic carbocycles. The predicted molar refractivity (Wildman–Crippen MR) is 357 cm³/mol. The Bertz CT molecular complexity index is 2590. The van der Waals surface area contributed by atoms with Gasteiger partial charge in [0.05, 0.1) is 19.2 Å². The fraction of sp³-hybridized carbons (Fsp3) is 0.791. The smallest absolute Gasteiger partial charge is 0.407 e. The van der Waals surface area contributed by atoms with Crippen LogP contribution in [0.5, 0.6) is 0 Å². The topological polar surface area (TPSA) is 317 Å². The van der Waals surface area contributed by atoms with Gasteiger partial charge in [0.2, 0.25) is 65.0 Å². The molecule has 26 heteroatoms. The van der Waals surface area contributed by atoms with Crippen LogP contribution in [0.25, 0.3) is 0 Å². The minimum absolute atomic E-state index is 0.00190. The van der Waals surface area contributed by atoms with Gasteiger partial charge in [-0.1, -0.05) is 109 Å². The largest absolute Gasteiger partial charge is 0.444 e. The Kier molecular flexibility index (Phi) is 34.3. The lowest BCUT2D eigenvalue weighted by Crippen LogP contribution is -2.63. The number of hydrogen-bond acceptors (Lipinski definition) is 14. The molecule has 0 bridgehead atoms. The van der Waals surface area contributed by atoms with Crippen LogP contribution in [0.1, 0.15) is 170 Å². The molecule has 532 valence electrons. The summed E-state index contributed by atoms with van der Waals surface area (Å²) in [5.41, 5.74) is -0.969. The van der Waals surface area contributed by atoms with Crippen molar-refractivity contribution in [2.24, 2.45) is 41.4 Å². The molecule has 0 spiro atoms. The van der Waals surface area contributed by atoms with Crippen molar-refractivity contribution in [3.05, 3.63) is 12.2 Å². The van der Waals surface area contributed by atoms with Crippen LogP contribution < -0.4 is 26.6 Å². The highest BCUT2D eigenvalue weighted by molar-refractivity contribution is 6.00. The molecular formula is C67H120N12O14. The number of hydrogen-bond donors (Lipinski definition) is 6. The zero-order chi connectivity index (χ0) is 72.2. The molecule has 1 heterocycles. The first kappa shape index (κ1) is 84.2. The first-order valence-corrected chi connectivity index (χ1v) is 33.1. The maximum atomic E-state index is 15.3. The highest BCUT2D eigenvalue weighted by Crippen LogP contribution is 2.26. The highest BCUT2D eigenvalue weighted by atomic mass is 16.6. The van der Waals surface area contributed by atoms with Crippen LogP contribution in [-0.2, 0) is 57.5 Å². The van der Waals surface area contributed by atoms with Gasteiger partial charge in [-0.3, -0.25) is 52.7 Å². The predicted octanol–water partition coefficient (Wildman–Crippen LogP) is 3.77. The Hall–Kier alpha value is -6.86. The van der Waals surface area contributed by atoms with E-state index in [2.05, 4.69) is 26.6 Å². The van der Waals surface area contributed by atoms with Crippen LogP contribution in [0.3, 0.4) is 0 Å². The number of likely N-dealkylation sites (N-methyl/N-ethyl adjacent to an activating group) is 7. The van der Waals surface area contributed by atoms with Crippen LogP contribution in [0.2, 0.25) is 0 Å². The molecule has 0 aromatic rings. The number of amides is 12. The summed E-state index contributed by atoms with van der Waals surface area (Å²) >= 11 is 0. The number of ether oxygens (including phenoxy) is 1. The van der Waals surface area contributed by atoms with Crippen molar-refractivity contribution < 1.29 is 67.4 Å². The van der Waals surface area contributed by atoms with E-state index in [1.165, 1.54) is 75.9 Å². The SMILES string of the molecule is C/C=C/C[C@@H](C)[C@@H](O)[C@H]1C(=O)N[C@@H](CC)C(=O)N(C)CC(=O)N(C)[C@@H](CC(C)C)C(=O)N[C@@H](C(C)C)C(=O)N(C)[C@@H](CC(C)C)C(=O)N[C@@H](C)C(=O)N[C@H](CNC(=O)OC(C)(C)C)C(=O)N(C)[C@@H](CC(C)C)C(=O)N(C)[C@@H](CC(C)C)C(=O)N(C)[C@@H](C(C)C)C(=O)N1C. The lowest BCUT2D eigenvalue weighted by atomic mass is 9.91. The van der Waals surface area contributed by atoms with Gasteiger partial charge in [0.25, 0.3) is 0 Å². The number of nitrogens with one attached hydrogen (secondary N) is 5. The molecule has 0 aromatic heterocycles. The number of nitrogens with zero attached hydrogens (tertiary/aromatic N) is 7. The third kappa shape index (κ3) is 25.1. The number of rotatable bonds is 17. The standard InChI is InChI=1S/C67H120N12O14/c1-27-29-30-43(15)55(81)54-59(85)70-45(28-2)60(86)73(20)36-51(80)74(21)47(31-37(3)4)58(84)72-52(41(11)12)64(90)75(22)48(32-38(5)6)57(83)69-44(16)56(82)71-46(35-68-66(92)93-67(17,18)19)61(87)76(23)49(33-39(7)8)62(88)77(24)50(34-40(9)10)63(89)78(25)53(42(13)14)65(91)79(54)26/h27,29,37-50,52-55,81H,28,30-36H2,1-26H3,(H,68,92)(H,69,83)(H,70,85)(H,71,82)(H,72,84)/b29-27+/t43-,44+,45+,46-,47+,48+,49+,50+,52+,53+,54+,55-/m1/s1. The lowest BCUT2D eigenvalue weighted by molar-refractivity contribution is -0.157. The number of carbonyl (C=O) groups excluding carboxylic acids is 12. The second-order valence-electron chi connectivity index (χ2n) is 28.8. The third-order valence-electron chi connectivity index (χ3n) is 16.8. The molecule has 6 N–H and O–H groups in total. The van der Waals surface area contributed by atoms with Crippen LogP contribution in [-0.4, -0.2) is 245 Å². The van der Waals surface area contributed by atoms with Crippen LogP contribution in [0.15, 0.2) is 12.2 Å². The molecule has 26 nitrogen and oxygen atoms in total. The average molecular weight is 1320 g/mol. The van der Waals surface area contributed by atoms with Crippen molar-refractivity contribution in [2.75, 3.05) is 62.4 Å². The highest BCUT2D eigenvalue weighted by Gasteiger charge is 2.46. The summed E-state index contributed by atoms with van der Waals surface area (Å²) in [6, 6.07) is -13.4. The molecule has 1 aliphatic rings. The van der Waals surface area contributed by atoms with Gasteiger partial charge in [-0.25, -0.2) is 4.79 Å². The van der Waals surface area contributed by atoms with E-state index in [1.807, 2.05) is 55.4 Å². The van der Waals surface area contributed by atoms with Crippen molar-refractivity contribution in [1.82, 2.24) is 60.9 Å². The number of carbonyl (C=O) groups is 12. The van der Waals surface area contributed by atoms with Crippen molar-refractivity contribution in [1.29, 1.82) is 0 Å². The van der Waals surface area contributed by atoms with E-state index in [0.717, 1.165) is 14.7 Å². The van der Waals surface area contributed by atoms with Gasteiger partial charge in [-0.15, -0.1) is 0 Å². The van der Waals surface area contributed by atoms with Crippen LogP contribution in [0, 0.1) is 41.4 Å². The number of aliphatic hydroxyl groups is 1. The van der Waals surface area contributed by atoms with Gasteiger partial charge in [0.1, 0.15) is 66.0 Å².